The van der Waals surface area contributed by atoms with Gasteiger partial charge in [-0.25, -0.2) is 4.98 Å². The first-order chi connectivity index (χ1) is 15.6. The van der Waals surface area contributed by atoms with E-state index in [1.165, 1.54) is 4.90 Å². The number of hydrogen-bond acceptors (Lipinski definition) is 4. The van der Waals surface area contributed by atoms with Gasteiger partial charge in [-0.3, -0.25) is 9.69 Å². The molecule has 0 radical (unpaired) electrons. The van der Waals surface area contributed by atoms with Crippen molar-refractivity contribution in [1.82, 2.24) is 19.4 Å². The van der Waals surface area contributed by atoms with Crippen LogP contribution in [-0.4, -0.2) is 63.2 Å². The zero-order chi connectivity index (χ0) is 22.3. The minimum Gasteiger partial charge on any atom is -0.340 e. The first kappa shape index (κ1) is 22.6. The monoisotopic (exact) mass is 448 g/mol. The molecule has 0 aliphatic carbocycles. The quantitative estimate of drug-likeness (QED) is 0.478. The largest absolute Gasteiger partial charge is 0.340 e. The van der Waals surface area contributed by atoms with Crippen LogP contribution in [-0.2, 0) is 17.8 Å². The number of amides is 1. The molecule has 0 atom stereocenters. The maximum atomic E-state index is 12.8. The van der Waals surface area contributed by atoms with E-state index in [4.69, 9.17) is 0 Å². The Bertz CT molecular complexity index is 992. The zero-order valence-electron chi connectivity index (χ0n) is 19.0. The van der Waals surface area contributed by atoms with Crippen LogP contribution in [0.15, 0.2) is 71.9 Å². The van der Waals surface area contributed by atoms with Crippen molar-refractivity contribution >= 4 is 17.7 Å². The molecule has 4 rings (SSSR count). The van der Waals surface area contributed by atoms with E-state index in [0.29, 0.717) is 11.7 Å². The van der Waals surface area contributed by atoms with Gasteiger partial charge < -0.3 is 9.47 Å². The Morgan fingerprint density at radius 2 is 1.69 bits per heavy atom. The number of carbonyl (C=O) groups is 1. The number of piperazine rings is 1. The molecule has 32 heavy (non-hydrogen) atoms. The molecule has 1 fully saturated rings. The summed E-state index contributed by atoms with van der Waals surface area (Å²) >= 11 is 1.85. The fraction of sp³-hybridized carbons (Fsp3) is 0.385. The highest BCUT2D eigenvalue weighted by atomic mass is 32.2. The van der Waals surface area contributed by atoms with E-state index >= 15 is 0 Å². The van der Waals surface area contributed by atoms with Gasteiger partial charge in [0.2, 0.25) is 5.91 Å². The van der Waals surface area contributed by atoms with Crippen LogP contribution >= 0.6 is 11.8 Å². The lowest BCUT2D eigenvalue weighted by molar-refractivity contribution is -0.132. The summed E-state index contributed by atoms with van der Waals surface area (Å²) in [5, 5.41) is 0.567. The molecule has 1 aliphatic rings. The Balaban J connectivity index is 1.23. The Morgan fingerprint density at radius 1 is 0.969 bits per heavy atom. The van der Waals surface area contributed by atoms with Crippen LogP contribution in [0.3, 0.4) is 0 Å². The molecule has 6 heteroatoms. The highest BCUT2D eigenvalue weighted by Crippen LogP contribution is 2.23. The van der Waals surface area contributed by atoms with Crippen molar-refractivity contribution < 1.29 is 4.79 Å². The highest BCUT2D eigenvalue weighted by Gasteiger charge is 2.21. The van der Waals surface area contributed by atoms with Gasteiger partial charge in [0.05, 0.1) is 6.42 Å². The number of hydrogen-bond donors (Lipinski definition) is 0. The van der Waals surface area contributed by atoms with Gasteiger partial charge in [0.25, 0.3) is 0 Å². The molecule has 2 aromatic carbocycles. The molecular weight excluding hydrogens is 416 g/mol. The molecule has 0 spiro atoms. The van der Waals surface area contributed by atoms with E-state index in [-0.39, 0.29) is 5.91 Å². The molecule has 0 bridgehead atoms. The van der Waals surface area contributed by atoms with Gasteiger partial charge in [0, 0.05) is 67.4 Å². The van der Waals surface area contributed by atoms with Crippen LogP contribution in [0.25, 0.3) is 11.4 Å². The number of nitrogens with zero attached hydrogens (tertiary/aromatic N) is 4. The predicted octanol–water partition coefficient (Wildman–Crippen LogP) is 4.44. The Kier molecular flexibility index (Phi) is 7.66. The number of carbonyl (C=O) groups excluding carboxylic acids is 1. The van der Waals surface area contributed by atoms with Gasteiger partial charge in [0.15, 0.2) is 0 Å². The van der Waals surface area contributed by atoms with E-state index in [9.17, 15) is 4.79 Å². The van der Waals surface area contributed by atoms with E-state index in [1.807, 2.05) is 47.3 Å². The van der Waals surface area contributed by atoms with Crippen molar-refractivity contribution in [3.63, 3.8) is 0 Å². The molecule has 2 heterocycles. The Hall–Kier alpha value is -2.57. The lowest BCUT2D eigenvalue weighted by atomic mass is 10.1. The van der Waals surface area contributed by atoms with Gasteiger partial charge >= 0.3 is 0 Å². The number of rotatable bonds is 8. The van der Waals surface area contributed by atoms with Crippen LogP contribution in [0.1, 0.15) is 19.4 Å². The normalized spacial score (nSPS) is 14.8. The summed E-state index contributed by atoms with van der Waals surface area (Å²) in [6, 6.07) is 18.8. The maximum Gasteiger partial charge on any atom is 0.227 e. The van der Waals surface area contributed by atoms with Gasteiger partial charge in [-0.1, -0.05) is 56.3 Å². The lowest BCUT2D eigenvalue weighted by Gasteiger charge is -2.35. The maximum absolute atomic E-state index is 12.8. The van der Waals surface area contributed by atoms with Crippen LogP contribution in [0.2, 0.25) is 0 Å². The summed E-state index contributed by atoms with van der Waals surface area (Å²) in [5.74, 6) is 1.24. The van der Waals surface area contributed by atoms with Crippen molar-refractivity contribution in [2.45, 2.75) is 37.0 Å². The molecule has 3 aromatic rings. The standard InChI is InChI=1S/C26H32N4OS/c1-21(2)32-24-10-8-22(9-11-24)20-25(31)29-17-14-28(15-18-29)16-19-30-13-12-27-26(30)23-6-4-3-5-7-23/h3-13,21H,14-20H2,1-2H3. The summed E-state index contributed by atoms with van der Waals surface area (Å²) < 4.78 is 2.22. The van der Waals surface area contributed by atoms with Crippen molar-refractivity contribution in [3.05, 3.63) is 72.6 Å². The summed E-state index contributed by atoms with van der Waals surface area (Å²) in [5.41, 5.74) is 2.24. The number of imidazole rings is 1. The van der Waals surface area contributed by atoms with Crippen molar-refractivity contribution in [2.75, 3.05) is 32.7 Å². The number of benzene rings is 2. The molecule has 1 amide bonds. The summed E-state index contributed by atoms with van der Waals surface area (Å²) in [6.07, 6.45) is 4.40. The van der Waals surface area contributed by atoms with Gasteiger partial charge in [0.1, 0.15) is 5.82 Å². The molecule has 5 nitrogen and oxygen atoms in total. The van der Waals surface area contributed by atoms with Crippen LogP contribution in [0.4, 0.5) is 0 Å². The van der Waals surface area contributed by atoms with Crippen LogP contribution in [0.5, 0.6) is 0 Å². The zero-order valence-corrected chi connectivity index (χ0v) is 19.8. The minimum atomic E-state index is 0.231. The molecule has 0 saturated carbocycles. The smallest absolute Gasteiger partial charge is 0.227 e. The third-order valence-electron chi connectivity index (χ3n) is 5.78. The molecule has 168 valence electrons. The third kappa shape index (κ3) is 6.02. The van der Waals surface area contributed by atoms with Gasteiger partial charge in [-0.05, 0) is 17.7 Å². The highest BCUT2D eigenvalue weighted by molar-refractivity contribution is 7.99. The van der Waals surface area contributed by atoms with Crippen LogP contribution in [0, 0.1) is 0 Å². The molecular formula is C26H32N4OS. The predicted molar refractivity (Wildman–Crippen MR) is 132 cm³/mol. The van der Waals surface area contributed by atoms with Gasteiger partial charge in [-0.2, -0.15) is 0 Å². The number of thioether (sulfide) groups is 1. The van der Waals surface area contributed by atoms with Crippen molar-refractivity contribution in [1.29, 1.82) is 0 Å². The second kappa shape index (κ2) is 10.8. The minimum absolute atomic E-state index is 0.231. The third-order valence-corrected chi connectivity index (χ3v) is 6.80. The van der Waals surface area contributed by atoms with E-state index in [0.717, 1.165) is 56.2 Å². The summed E-state index contributed by atoms with van der Waals surface area (Å²) in [6.45, 7) is 9.70. The SMILES string of the molecule is CC(C)Sc1ccc(CC(=O)N2CCN(CCn3ccnc3-c3ccccc3)CC2)cc1. The topological polar surface area (TPSA) is 41.4 Å². The van der Waals surface area contributed by atoms with E-state index in [1.54, 1.807) is 0 Å². The van der Waals surface area contributed by atoms with Crippen molar-refractivity contribution in [2.24, 2.45) is 0 Å². The molecule has 0 N–H and O–H groups in total. The number of aromatic nitrogens is 2. The van der Waals surface area contributed by atoms with Crippen molar-refractivity contribution in [3.8, 4) is 11.4 Å². The molecule has 1 aromatic heterocycles. The van der Waals surface area contributed by atoms with E-state index < -0.39 is 0 Å². The van der Waals surface area contributed by atoms with E-state index in [2.05, 4.69) is 64.7 Å². The second-order valence-electron chi connectivity index (χ2n) is 8.52. The fourth-order valence-electron chi connectivity index (χ4n) is 4.05. The Labute approximate surface area is 195 Å². The Morgan fingerprint density at radius 3 is 2.38 bits per heavy atom. The average Bonchev–Trinajstić information content (AvgIpc) is 3.28. The average molecular weight is 449 g/mol. The first-order valence-electron chi connectivity index (χ1n) is 11.4. The van der Waals surface area contributed by atoms with Gasteiger partial charge in [-0.15, -0.1) is 11.8 Å². The molecule has 1 aliphatic heterocycles. The van der Waals surface area contributed by atoms with Crippen LogP contribution < -0.4 is 0 Å². The fourth-order valence-corrected chi connectivity index (χ4v) is 4.89. The summed E-state index contributed by atoms with van der Waals surface area (Å²) in [7, 11) is 0. The lowest BCUT2D eigenvalue weighted by Crippen LogP contribution is -2.49. The first-order valence-corrected chi connectivity index (χ1v) is 12.3. The second-order valence-corrected chi connectivity index (χ2v) is 10.2. The molecule has 1 saturated heterocycles. The summed E-state index contributed by atoms with van der Waals surface area (Å²) in [4.78, 5) is 23.0. The molecule has 0 unspecified atom stereocenters.